The molecule has 6 heteroatoms. The van der Waals surface area contributed by atoms with Crippen molar-refractivity contribution in [2.45, 2.75) is 52.7 Å². The first-order valence-electron chi connectivity index (χ1n) is 5.71. The number of hydrogen-bond donors (Lipinski definition) is 3. The van der Waals surface area contributed by atoms with E-state index in [9.17, 15) is 9.59 Å². The molecule has 0 aliphatic heterocycles. The summed E-state index contributed by atoms with van der Waals surface area (Å²) in [6.45, 7) is 9.02. The van der Waals surface area contributed by atoms with E-state index in [1.807, 2.05) is 13.8 Å². The number of hydrogen-bond acceptors (Lipinski definition) is 4. The Morgan fingerprint density at radius 3 is 2.24 bits per heavy atom. The molecule has 0 aliphatic rings. The highest BCUT2D eigenvalue weighted by Gasteiger charge is 2.21. The van der Waals surface area contributed by atoms with Gasteiger partial charge in [-0.25, -0.2) is 10.2 Å². The second-order valence-electron chi connectivity index (χ2n) is 5.03. The fraction of sp³-hybridized carbons (Fsp3) is 0.818. The molecule has 100 valence electrons. The number of nitrogens with two attached hydrogens (primary N) is 1. The Morgan fingerprint density at radius 1 is 1.29 bits per heavy atom. The lowest BCUT2D eigenvalue weighted by Gasteiger charge is -2.21. The van der Waals surface area contributed by atoms with E-state index in [-0.39, 0.29) is 5.92 Å². The Bertz CT molecular complexity index is 274. The zero-order chi connectivity index (χ0) is 13.6. The van der Waals surface area contributed by atoms with Gasteiger partial charge < -0.3 is 10.5 Å². The predicted molar refractivity (Wildman–Crippen MR) is 64.9 cm³/mol. The Balaban J connectivity index is 4.04. The van der Waals surface area contributed by atoms with Crippen molar-refractivity contribution in [3.05, 3.63) is 0 Å². The molecule has 0 aliphatic carbocycles. The molecule has 6 nitrogen and oxygen atoms in total. The third kappa shape index (κ3) is 6.78. The van der Waals surface area contributed by atoms with Crippen molar-refractivity contribution in [3.8, 4) is 0 Å². The molecule has 0 saturated heterocycles. The molecule has 4 N–H and O–H groups in total. The van der Waals surface area contributed by atoms with E-state index in [1.54, 1.807) is 20.8 Å². The fourth-order valence-corrected chi connectivity index (χ4v) is 1.01. The summed E-state index contributed by atoms with van der Waals surface area (Å²) >= 11 is 0. The Morgan fingerprint density at radius 2 is 1.82 bits per heavy atom. The van der Waals surface area contributed by atoms with Gasteiger partial charge >= 0.3 is 6.09 Å². The highest BCUT2D eigenvalue weighted by molar-refractivity contribution is 5.83. The van der Waals surface area contributed by atoms with Crippen molar-refractivity contribution < 1.29 is 14.3 Å². The highest BCUT2D eigenvalue weighted by Crippen LogP contribution is 2.06. The van der Waals surface area contributed by atoms with Gasteiger partial charge in [-0.15, -0.1) is 0 Å². The first-order valence-corrected chi connectivity index (χ1v) is 5.71. The van der Waals surface area contributed by atoms with Gasteiger partial charge in [0.25, 0.3) is 5.91 Å². The number of nitrogens with one attached hydrogen (secondary N) is 2. The van der Waals surface area contributed by atoms with E-state index in [0.717, 1.165) is 6.42 Å². The minimum Gasteiger partial charge on any atom is -0.443 e. The summed E-state index contributed by atoms with van der Waals surface area (Å²) in [5.41, 5.74) is 9.47. The lowest BCUT2D eigenvalue weighted by molar-refractivity contribution is -0.124. The van der Waals surface area contributed by atoms with Crippen LogP contribution in [0, 0.1) is 5.92 Å². The maximum atomic E-state index is 11.5. The van der Waals surface area contributed by atoms with Crippen LogP contribution < -0.4 is 16.6 Å². The van der Waals surface area contributed by atoms with Crippen molar-refractivity contribution in [1.82, 2.24) is 10.9 Å². The predicted octanol–water partition coefficient (Wildman–Crippen LogP) is 0.916. The molecule has 0 rings (SSSR count). The monoisotopic (exact) mass is 245 g/mol. The van der Waals surface area contributed by atoms with Crippen LogP contribution in [-0.2, 0) is 9.53 Å². The molecule has 0 aromatic heterocycles. The molecule has 0 heterocycles. The molecule has 17 heavy (non-hydrogen) atoms. The van der Waals surface area contributed by atoms with Crippen molar-refractivity contribution in [1.29, 1.82) is 0 Å². The number of amides is 2. The summed E-state index contributed by atoms with van der Waals surface area (Å²) < 4.78 is 4.95. The number of carbonyl (C=O) groups excluding carboxylic acids is 2. The maximum Gasteiger partial charge on any atom is 0.426 e. The van der Waals surface area contributed by atoms with Crippen LogP contribution in [0.1, 0.15) is 41.0 Å². The summed E-state index contributed by atoms with van der Waals surface area (Å²) in [5.74, 6) is -0.374. The molecule has 0 aromatic rings. The molecule has 0 spiro atoms. The largest absolute Gasteiger partial charge is 0.443 e. The molecule has 0 radical (unpaired) electrons. The molecule has 0 unspecified atom stereocenters. The van der Waals surface area contributed by atoms with E-state index in [0.29, 0.717) is 0 Å². The van der Waals surface area contributed by atoms with Gasteiger partial charge in [0.15, 0.2) is 0 Å². The van der Waals surface area contributed by atoms with Crippen LogP contribution >= 0.6 is 0 Å². The maximum absolute atomic E-state index is 11.5. The average molecular weight is 245 g/mol. The van der Waals surface area contributed by atoms with Crippen LogP contribution in [0.2, 0.25) is 0 Å². The van der Waals surface area contributed by atoms with E-state index in [2.05, 4.69) is 10.9 Å². The summed E-state index contributed by atoms with van der Waals surface area (Å²) in [7, 11) is 0. The highest BCUT2D eigenvalue weighted by atomic mass is 16.6. The van der Waals surface area contributed by atoms with Crippen molar-refractivity contribution in [3.63, 3.8) is 0 Å². The van der Waals surface area contributed by atoms with Gasteiger partial charge in [0, 0.05) is 0 Å². The second-order valence-corrected chi connectivity index (χ2v) is 5.03. The van der Waals surface area contributed by atoms with Crippen LogP contribution in [0.15, 0.2) is 0 Å². The van der Waals surface area contributed by atoms with Gasteiger partial charge in [0.1, 0.15) is 5.60 Å². The molecule has 2 amide bonds. The summed E-state index contributed by atoms with van der Waals surface area (Å²) in [6, 6.07) is -0.644. The smallest absolute Gasteiger partial charge is 0.426 e. The fourth-order valence-electron chi connectivity index (χ4n) is 1.01. The molecule has 0 bridgehead atoms. The van der Waals surface area contributed by atoms with E-state index >= 15 is 0 Å². The quantitative estimate of drug-likeness (QED) is 0.644. The SMILES string of the molecule is CC[C@@H](C)[C@H](N)C(=O)NNC(=O)OC(C)(C)C. The molecule has 0 saturated carbocycles. The van der Waals surface area contributed by atoms with Crippen LogP contribution in [0.5, 0.6) is 0 Å². The standard InChI is InChI=1S/C11H23N3O3/c1-6-7(2)8(12)9(15)13-14-10(16)17-11(3,4)5/h7-8H,6,12H2,1-5H3,(H,13,15)(H,14,16)/t7-,8+/m1/s1. The lowest BCUT2D eigenvalue weighted by Crippen LogP contribution is -2.52. The number of ether oxygens (including phenoxy) is 1. The minimum atomic E-state index is -0.706. The molecule has 0 aromatic carbocycles. The van der Waals surface area contributed by atoms with Gasteiger partial charge in [-0.2, -0.15) is 0 Å². The summed E-state index contributed by atoms with van der Waals surface area (Å²) in [4.78, 5) is 22.7. The summed E-state index contributed by atoms with van der Waals surface area (Å²) in [6.07, 6.45) is 0.0864. The summed E-state index contributed by atoms with van der Waals surface area (Å²) in [5, 5.41) is 0. The van der Waals surface area contributed by atoms with Crippen molar-refractivity contribution in [2.75, 3.05) is 0 Å². The third-order valence-corrected chi connectivity index (χ3v) is 2.25. The number of hydrazine groups is 1. The Kier molecular flexibility index (Phi) is 5.95. The zero-order valence-electron chi connectivity index (χ0n) is 11.2. The molecule has 0 fully saturated rings. The molecule has 2 atom stereocenters. The Labute approximate surface area is 102 Å². The van der Waals surface area contributed by atoms with Crippen LogP contribution in [0.4, 0.5) is 4.79 Å². The number of rotatable bonds is 3. The normalized spacial score (nSPS) is 14.7. The second kappa shape index (κ2) is 6.44. The van der Waals surface area contributed by atoms with Crippen LogP contribution in [0.25, 0.3) is 0 Å². The Hall–Kier alpha value is -1.30. The topological polar surface area (TPSA) is 93.5 Å². The third-order valence-electron chi connectivity index (χ3n) is 2.25. The number of carbonyl (C=O) groups is 2. The van der Waals surface area contributed by atoms with Crippen molar-refractivity contribution in [2.24, 2.45) is 11.7 Å². The van der Waals surface area contributed by atoms with Gasteiger partial charge in [-0.3, -0.25) is 10.2 Å². The minimum absolute atomic E-state index is 0.0513. The van der Waals surface area contributed by atoms with Gasteiger partial charge in [-0.1, -0.05) is 20.3 Å². The first-order chi connectivity index (χ1) is 7.67. The van der Waals surface area contributed by atoms with Crippen LogP contribution in [-0.4, -0.2) is 23.6 Å². The first kappa shape index (κ1) is 15.7. The van der Waals surface area contributed by atoms with Gasteiger partial charge in [0.2, 0.25) is 0 Å². The zero-order valence-corrected chi connectivity index (χ0v) is 11.2. The molecular formula is C11H23N3O3. The molecular weight excluding hydrogens is 222 g/mol. The average Bonchev–Trinajstić information content (AvgIpc) is 2.21. The van der Waals surface area contributed by atoms with E-state index < -0.39 is 23.6 Å². The van der Waals surface area contributed by atoms with Crippen molar-refractivity contribution >= 4 is 12.0 Å². The van der Waals surface area contributed by atoms with Gasteiger partial charge in [0.05, 0.1) is 6.04 Å². The lowest BCUT2D eigenvalue weighted by atomic mass is 10.00. The van der Waals surface area contributed by atoms with E-state index in [1.165, 1.54) is 0 Å². The van der Waals surface area contributed by atoms with E-state index in [4.69, 9.17) is 10.5 Å². The van der Waals surface area contributed by atoms with Gasteiger partial charge in [-0.05, 0) is 26.7 Å². The van der Waals surface area contributed by atoms with Crippen LogP contribution in [0.3, 0.4) is 0 Å².